The fourth-order valence-electron chi connectivity index (χ4n) is 2.26. The van der Waals surface area contributed by atoms with E-state index < -0.39 is 0 Å². The van der Waals surface area contributed by atoms with E-state index in [1.54, 1.807) is 0 Å². The summed E-state index contributed by atoms with van der Waals surface area (Å²) >= 11 is 6.28. The van der Waals surface area contributed by atoms with Crippen LogP contribution in [0.15, 0.2) is 30.5 Å². The van der Waals surface area contributed by atoms with Crippen molar-refractivity contribution in [2.24, 2.45) is 7.05 Å². The maximum atomic E-state index is 6.28. The van der Waals surface area contributed by atoms with Gasteiger partial charge in [-0.15, -0.1) is 0 Å². The van der Waals surface area contributed by atoms with E-state index in [9.17, 15) is 0 Å². The zero-order valence-electron chi connectivity index (χ0n) is 10.9. The summed E-state index contributed by atoms with van der Waals surface area (Å²) in [7, 11) is 3.89. The van der Waals surface area contributed by atoms with Crippen LogP contribution in [0.1, 0.15) is 29.8 Å². The van der Waals surface area contributed by atoms with Crippen LogP contribution in [-0.4, -0.2) is 16.8 Å². The third-order valence-electron chi connectivity index (χ3n) is 3.09. The van der Waals surface area contributed by atoms with Crippen molar-refractivity contribution in [3.63, 3.8) is 0 Å². The van der Waals surface area contributed by atoms with Gasteiger partial charge < -0.3 is 5.32 Å². The average Bonchev–Trinajstić information content (AvgIpc) is 2.74. The summed E-state index contributed by atoms with van der Waals surface area (Å²) in [5.74, 6) is 0. The highest BCUT2D eigenvalue weighted by atomic mass is 35.5. The van der Waals surface area contributed by atoms with Gasteiger partial charge in [0.15, 0.2) is 0 Å². The fraction of sp³-hybridized carbons (Fsp3) is 0.357. The monoisotopic (exact) mass is 263 g/mol. The van der Waals surface area contributed by atoms with Crippen molar-refractivity contribution in [1.82, 2.24) is 15.1 Å². The molecule has 0 bridgehead atoms. The van der Waals surface area contributed by atoms with Gasteiger partial charge in [0.2, 0.25) is 0 Å². The van der Waals surface area contributed by atoms with Gasteiger partial charge in [-0.05, 0) is 25.1 Å². The van der Waals surface area contributed by atoms with Crippen LogP contribution in [-0.2, 0) is 13.5 Å². The minimum absolute atomic E-state index is 0.0855. The molecule has 0 amide bonds. The van der Waals surface area contributed by atoms with Crippen molar-refractivity contribution in [2.75, 3.05) is 7.05 Å². The van der Waals surface area contributed by atoms with E-state index in [1.807, 2.05) is 37.0 Å². The number of nitrogens with zero attached hydrogens (tertiary/aromatic N) is 2. The lowest BCUT2D eigenvalue weighted by atomic mass is 9.98. The van der Waals surface area contributed by atoms with Crippen LogP contribution in [0.4, 0.5) is 0 Å². The lowest BCUT2D eigenvalue weighted by Gasteiger charge is -2.17. The first-order valence-corrected chi connectivity index (χ1v) is 6.49. The van der Waals surface area contributed by atoms with Crippen LogP contribution < -0.4 is 5.32 Å². The van der Waals surface area contributed by atoms with Crippen LogP contribution in [0, 0.1) is 0 Å². The minimum Gasteiger partial charge on any atom is -0.309 e. The number of rotatable bonds is 4. The molecule has 0 radical (unpaired) electrons. The van der Waals surface area contributed by atoms with Crippen molar-refractivity contribution in [2.45, 2.75) is 19.4 Å². The first kappa shape index (κ1) is 13.1. The molecule has 1 unspecified atom stereocenters. The minimum atomic E-state index is 0.0855. The smallest absolute Gasteiger partial charge is 0.0673 e. The summed E-state index contributed by atoms with van der Waals surface area (Å²) in [4.78, 5) is 0. The summed E-state index contributed by atoms with van der Waals surface area (Å²) in [6.45, 7) is 2.12. The van der Waals surface area contributed by atoms with E-state index in [2.05, 4.69) is 29.6 Å². The molecule has 96 valence electrons. The molecular formula is C14H18ClN3. The zero-order valence-corrected chi connectivity index (χ0v) is 11.7. The van der Waals surface area contributed by atoms with Gasteiger partial charge >= 0.3 is 0 Å². The van der Waals surface area contributed by atoms with E-state index in [0.717, 1.165) is 22.7 Å². The number of benzene rings is 1. The first-order valence-electron chi connectivity index (χ1n) is 6.11. The second kappa shape index (κ2) is 5.55. The maximum absolute atomic E-state index is 6.28. The molecule has 18 heavy (non-hydrogen) atoms. The van der Waals surface area contributed by atoms with Crippen molar-refractivity contribution in [3.8, 4) is 0 Å². The molecule has 2 rings (SSSR count). The molecule has 0 aliphatic rings. The second-order valence-corrected chi connectivity index (χ2v) is 4.71. The van der Waals surface area contributed by atoms with Crippen molar-refractivity contribution in [3.05, 3.63) is 52.3 Å². The lowest BCUT2D eigenvalue weighted by Crippen LogP contribution is -2.18. The van der Waals surface area contributed by atoms with Gasteiger partial charge in [-0.1, -0.05) is 36.7 Å². The number of nitrogens with one attached hydrogen (secondary N) is 1. The van der Waals surface area contributed by atoms with Crippen molar-refractivity contribution < 1.29 is 0 Å². The Hall–Kier alpha value is -1.32. The fourth-order valence-corrected chi connectivity index (χ4v) is 2.50. The van der Waals surface area contributed by atoms with Crippen LogP contribution >= 0.6 is 11.6 Å². The van der Waals surface area contributed by atoms with E-state index in [1.165, 1.54) is 5.56 Å². The van der Waals surface area contributed by atoms with Crippen LogP contribution in [0.5, 0.6) is 0 Å². The molecule has 3 nitrogen and oxygen atoms in total. The van der Waals surface area contributed by atoms with Crippen LogP contribution in [0.3, 0.4) is 0 Å². The number of hydrogen-bond donors (Lipinski definition) is 1. The lowest BCUT2D eigenvalue weighted by molar-refractivity contribution is 0.684. The maximum Gasteiger partial charge on any atom is 0.0673 e. The van der Waals surface area contributed by atoms with Crippen LogP contribution in [0.25, 0.3) is 0 Å². The van der Waals surface area contributed by atoms with E-state index in [-0.39, 0.29) is 6.04 Å². The topological polar surface area (TPSA) is 29.9 Å². The SMILES string of the molecule is CCc1nn(C)cc1C(NC)c1ccccc1Cl. The molecule has 1 heterocycles. The van der Waals surface area contributed by atoms with Gasteiger partial charge in [0.1, 0.15) is 0 Å². The molecule has 0 fully saturated rings. The van der Waals surface area contributed by atoms with E-state index in [0.29, 0.717) is 0 Å². The number of halogens is 1. The molecule has 0 spiro atoms. The van der Waals surface area contributed by atoms with E-state index in [4.69, 9.17) is 11.6 Å². The average molecular weight is 264 g/mol. The Kier molecular flexibility index (Phi) is 4.04. The Morgan fingerprint density at radius 3 is 2.67 bits per heavy atom. The molecule has 1 aromatic carbocycles. The number of aryl methyl sites for hydroxylation is 2. The largest absolute Gasteiger partial charge is 0.309 e. The number of aromatic nitrogens is 2. The summed E-state index contributed by atoms with van der Waals surface area (Å²) in [5.41, 5.74) is 3.39. The van der Waals surface area contributed by atoms with Gasteiger partial charge in [-0.2, -0.15) is 5.10 Å². The van der Waals surface area contributed by atoms with Gasteiger partial charge in [0.05, 0.1) is 11.7 Å². The molecular weight excluding hydrogens is 246 g/mol. The highest BCUT2D eigenvalue weighted by Crippen LogP contribution is 2.29. The molecule has 1 aromatic heterocycles. The highest BCUT2D eigenvalue weighted by Gasteiger charge is 2.19. The summed E-state index contributed by atoms with van der Waals surface area (Å²) in [6, 6.07) is 8.01. The molecule has 0 saturated carbocycles. The first-order chi connectivity index (χ1) is 8.67. The summed E-state index contributed by atoms with van der Waals surface area (Å²) in [6.07, 6.45) is 2.97. The quantitative estimate of drug-likeness (QED) is 0.919. The molecule has 2 aromatic rings. The summed E-state index contributed by atoms with van der Waals surface area (Å²) < 4.78 is 1.86. The van der Waals surface area contributed by atoms with E-state index >= 15 is 0 Å². The normalized spacial score (nSPS) is 12.7. The van der Waals surface area contributed by atoms with Crippen molar-refractivity contribution >= 4 is 11.6 Å². The predicted octanol–water partition coefficient (Wildman–Crippen LogP) is 2.94. The van der Waals surface area contributed by atoms with Gasteiger partial charge in [-0.25, -0.2) is 0 Å². The molecule has 1 N–H and O–H groups in total. The molecule has 4 heteroatoms. The number of hydrogen-bond acceptors (Lipinski definition) is 2. The second-order valence-electron chi connectivity index (χ2n) is 4.30. The molecule has 0 saturated heterocycles. The van der Waals surface area contributed by atoms with Gasteiger partial charge in [-0.3, -0.25) is 4.68 Å². The predicted molar refractivity (Wildman–Crippen MR) is 74.9 cm³/mol. The Morgan fingerprint density at radius 2 is 2.06 bits per heavy atom. The highest BCUT2D eigenvalue weighted by molar-refractivity contribution is 6.31. The Labute approximate surface area is 113 Å². The molecule has 0 aliphatic carbocycles. The summed E-state index contributed by atoms with van der Waals surface area (Å²) in [5, 5.41) is 8.59. The third-order valence-corrected chi connectivity index (χ3v) is 3.43. The van der Waals surface area contributed by atoms with Crippen LogP contribution in [0.2, 0.25) is 5.02 Å². The molecule has 1 atom stereocenters. The standard InChI is InChI=1S/C14H18ClN3/c1-4-13-11(9-18(3)17-13)14(16-2)10-7-5-6-8-12(10)15/h5-9,14,16H,4H2,1-3H3. The Bertz CT molecular complexity index is 534. The van der Waals surface area contributed by atoms with Gasteiger partial charge in [0, 0.05) is 23.8 Å². The van der Waals surface area contributed by atoms with Gasteiger partial charge in [0.25, 0.3) is 0 Å². The molecule has 0 aliphatic heterocycles. The Balaban J connectivity index is 2.48. The zero-order chi connectivity index (χ0) is 13.1. The third kappa shape index (κ3) is 2.42. The van der Waals surface area contributed by atoms with Crippen molar-refractivity contribution in [1.29, 1.82) is 0 Å². The Morgan fingerprint density at radius 1 is 1.33 bits per heavy atom.